The number of carbonyl (C=O) groups is 2. The molecule has 0 fully saturated rings. The van der Waals surface area contributed by atoms with E-state index in [1.165, 1.54) is 24.0 Å². The third-order valence-electron chi connectivity index (χ3n) is 4.71. The highest BCUT2D eigenvalue weighted by molar-refractivity contribution is 7.17. The summed E-state index contributed by atoms with van der Waals surface area (Å²) in [6, 6.07) is 12.8. The summed E-state index contributed by atoms with van der Waals surface area (Å²) in [6.07, 6.45) is 0. The minimum absolute atomic E-state index is 0.196. The summed E-state index contributed by atoms with van der Waals surface area (Å²) in [5.74, 6) is -0.342. The van der Waals surface area contributed by atoms with Crippen LogP contribution >= 0.6 is 22.9 Å². The number of aryl methyl sites for hydroxylation is 3. The Hall–Kier alpha value is -2.83. The number of hydrogen-bond donors (Lipinski definition) is 1. The van der Waals surface area contributed by atoms with Crippen molar-refractivity contribution in [2.45, 2.75) is 20.8 Å². The van der Waals surface area contributed by atoms with Gasteiger partial charge in [0.1, 0.15) is 16.3 Å². The van der Waals surface area contributed by atoms with Crippen molar-refractivity contribution < 1.29 is 19.1 Å². The maximum absolute atomic E-state index is 12.6. The van der Waals surface area contributed by atoms with Gasteiger partial charge in [-0.1, -0.05) is 29.8 Å². The number of rotatable bonds is 6. The summed E-state index contributed by atoms with van der Waals surface area (Å²) in [5.41, 5.74) is 4.31. The quantitative estimate of drug-likeness (QED) is 0.489. The predicted molar refractivity (Wildman–Crippen MR) is 121 cm³/mol. The van der Waals surface area contributed by atoms with E-state index in [1.54, 1.807) is 24.3 Å². The van der Waals surface area contributed by atoms with Gasteiger partial charge >= 0.3 is 5.97 Å². The lowest BCUT2D eigenvalue weighted by molar-refractivity contribution is -0.118. The van der Waals surface area contributed by atoms with Crippen LogP contribution in [0.4, 0.5) is 5.00 Å². The van der Waals surface area contributed by atoms with Gasteiger partial charge in [0.2, 0.25) is 0 Å². The molecule has 1 N–H and O–H groups in total. The summed E-state index contributed by atoms with van der Waals surface area (Å²) >= 11 is 7.19. The molecule has 1 heterocycles. The first kappa shape index (κ1) is 21.9. The molecule has 156 valence electrons. The highest BCUT2D eigenvalue weighted by Crippen LogP contribution is 2.40. The molecule has 0 aliphatic heterocycles. The normalized spacial score (nSPS) is 10.6. The van der Waals surface area contributed by atoms with Crippen molar-refractivity contribution in [2.24, 2.45) is 0 Å². The van der Waals surface area contributed by atoms with Gasteiger partial charge in [-0.3, -0.25) is 4.79 Å². The number of hydrogen-bond acceptors (Lipinski definition) is 5. The fraction of sp³-hybridized carbons (Fsp3) is 0.217. The number of carbonyl (C=O) groups excluding carboxylic acids is 2. The SMILES string of the molecule is COC(=O)c1c(NC(=O)COc2ccc(Cl)cc2)sc(C)c1-c1ccc(C)c(C)c1. The fourth-order valence-electron chi connectivity index (χ4n) is 3.02. The lowest BCUT2D eigenvalue weighted by Crippen LogP contribution is -2.21. The molecule has 5 nitrogen and oxygen atoms in total. The lowest BCUT2D eigenvalue weighted by atomic mass is 9.97. The van der Waals surface area contributed by atoms with Crippen LogP contribution in [0.2, 0.25) is 5.02 Å². The number of amides is 1. The van der Waals surface area contributed by atoms with Gasteiger partial charge < -0.3 is 14.8 Å². The number of esters is 1. The highest BCUT2D eigenvalue weighted by Gasteiger charge is 2.25. The lowest BCUT2D eigenvalue weighted by Gasteiger charge is -2.10. The number of anilines is 1. The second-order valence-electron chi connectivity index (χ2n) is 6.82. The number of methoxy groups -OCH3 is 1. The summed E-state index contributed by atoms with van der Waals surface area (Å²) in [6.45, 7) is 5.78. The van der Waals surface area contributed by atoms with Crippen LogP contribution in [0.15, 0.2) is 42.5 Å². The van der Waals surface area contributed by atoms with E-state index in [-0.39, 0.29) is 12.5 Å². The van der Waals surface area contributed by atoms with Crippen molar-refractivity contribution in [3.63, 3.8) is 0 Å². The fourth-order valence-corrected chi connectivity index (χ4v) is 4.22. The molecule has 2 aromatic carbocycles. The molecule has 0 atom stereocenters. The molecule has 1 amide bonds. The first-order valence-electron chi connectivity index (χ1n) is 9.27. The van der Waals surface area contributed by atoms with Crippen molar-refractivity contribution in [1.29, 1.82) is 0 Å². The Morgan fingerprint density at radius 2 is 1.73 bits per heavy atom. The van der Waals surface area contributed by atoms with E-state index in [0.29, 0.717) is 21.3 Å². The molecule has 0 saturated carbocycles. The standard InChI is InChI=1S/C23H22ClNO4S/c1-13-5-6-16(11-14(13)2)20-15(3)30-22(21(20)23(27)28-4)25-19(26)12-29-18-9-7-17(24)8-10-18/h5-11H,12H2,1-4H3,(H,25,26). The maximum atomic E-state index is 12.6. The second-order valence-corrected chi connectivity index (χ2v) is 8.48. The van der Waals surface area contributed by atoms with Gasteiger partial charge in [0.15, 0.2) is 6.61 Å². The summed E-state index contributed by atoms with van der Waals surface area (Å²) in [5, 5.41) is 3.82. The molecular weight excluding hydrogens is 422 g/mol. The molecule has 0 spiro atoms. The van der Waals surface area contributed by atoms with E-state index in [0.717, 1.165) is 21.6 Å². The molecule has 0 unspecified atom stereocenters. The number of benzene rings is 2. The molecule has 0 radical (unpaired) electrons. The Morgan fingerprint density at radius 3 is 2.37 bits per heavy atom. The molecule has 0 aliphatic rings. The van der Waals surface area contributed by atoms with Gasteiger partial charge in [-0.2, -0.15) is 0 Å². The first-order chi connectivity index (χ1) is 14.3. The molecule has 3 rings (SSSR count). The average molecular weight is 444 g/mol. The maximum Gasteiger partial charge on any atom is 0.341 e. The molecule has 1 aromatic heterocycles. The predicted octanol–water partition coefficient (Wildman–Crippen LogP) is 5.80. The number of halogens is 1. The van der Waals surface area contributed by atoms with Gasteiger partial charge in [-0.05, 0) is 61.7 Å². The topological polar surface area (TPSA) is 64.6 Å². The van der Waals surface area contributed by atoms with Crippen LogP contribution in [0.5, 0.6) is 5.75 Å². The Kier molecular flexibility index (Phi) is 6.80. The molecule has 30 heavy (non-hydrogen) atoms. The third kappa shape index (κ3) is 4.83. The zero-order valence-corrected chi connectivity index (χ0v) is 18.7. The third-order valence-corrected chi connectivity index (χ3v) is 5.98. The monoisotopic (exact) mass is 443 g/mol. The van der Waals surface area contributed by atoms with Gasteiger partial charge in [-0.25, -0.2) is 4.79 Å². The zero-order valence-electron chi connectivity index (χ0n) is 17.2. The molecule has 0 bridgehead atoms. The summed E-state index contributed by atoms with van der Waals surface area (Å²) in [4.78, 5) is 25.9. The Labute approximate surface area is 184 Å². The van der Waals surface area contributed by atoms with Crippen LogP contribution in [-0.4, -0.2) is 25.6 Å². The largest absolute Gasteiger partial charge is 0.484 e. The van der Waals surface area contributed by atoms with Gasteiger partial charge in [0, 0.05) is 15.5 Å². The first-order valence-corrected chi connectivity index (χ1v) is 10.5. The summed E-state index contributed by atoms with van der Waals surface area (Å²) in [7, 11) is 1.33. The Bertz CT molecular complexity index is 1090. The second kappa shape index (κ2) is 9.32. The summed E-state index contributed by atoms with van der Waals surface area (Å²) < 4.78 is 10.5. The van der Waals surface area contributed by atoms with Crippen LogP contribution < -0.4 is 10.1 Å². The molecule has 0 aliphatic carbocycles. The van der Waals surface area contributed by atoms with Crippen molar-refractivity contribution in [1.82, 2.24) is 0 Å². The van der Waals surface area contributed by atoms with Gasteiger partial charge in [0.05, 0.1) is 7.11 Å². The van der Waals surface area contributed by atoms with Crippen molar-refractivity contribution in [2.75, 3.05) is 19.0 Å². The Balaban J connectivity index is 1.87. The van der Waals surface area contributed by atoms with E-state index < -0.39 is 5.97 Å². The van der Waals surface area contributed by atoms with Gasteiger partial charge in [0.25, 0.3) is 5.91 Å². The molecule has 0 saturated heterocycles. The van der Waals surface area contributed by atoms with Crippen LogP contribution in [-0.2, 0) is 9.53 Å². The highest BCUT2D eigenvalue weighted by atomic mass is 35.5. The molecule has 7 heteroatoms. The van der Waals surface area contributed by atoms with E-state index in [9.17, 15) is 9.59 Å². The smallest absolute Gasteiger partial charge is 0.341 e. The van der Waals surface area contributed by atoms with Crippen LogP contribution in [0.3, 0.4) is 0 Å². The van der Waals surface area contributed by atoms with E-state index >= 15 is 0 Å². The van der Waals surface area contributed by atoms with E-state index in [1.807, 2.05) is 39.0 Å². The van der Waals surface area contributed by atoms with Crippen LogP contribution in [0, 0.1) is 20.8 Å². The Morgan fingerprint density at radius 1 is 1.03 bits per heavy atom. The molecular formula is C23H22ClNO4S. The number of nitrogens with one attached hydrogen (secondary N) is 1. The van der Waals surface area contributed by atoms with Gasteiger partial charge in [-0.15, -0.1) is 11.3 Å². The van der Waals surface area contributed by atoms with Crippen LogP contribution in [0.1, 0.15) is 26.4 Å². The minimum Gasteiger partial charge on any atom is -0.484 e. The number of ether oxygens (including phenoxy) is 2. The van der Waals surface area contributed by atoms with Crippen LogP contribution in [0.25, 0.3) is 11.1 Å². The molecule has 3 aromatic rings. The van der Waals surface area contributed by atoms with E-state index in [2.05, 4.69) is 5.32 Å². The van der Waals surface area contributed by atoms with Crippen molar-refractivity contribution >= 4 is 39.8 Å². The van der Waals surface area contributed by atoms with E-state index in [4.69, 9.17) is 21.1 Å². The van der Waals surface area contributed by atoms with Crippen molar-refractivity contribution in [3.05, 3.63) is 69.1 Å². The zero-order chi connectivity index (χ0) is 21.8. The average Bonchev–Trinajstić information content (AvgIpc) is 3.04. The minimum atomic E-state index is -0.499. The number of thiophene rings is 1. The van der Waals surface area contributed by atoms with Crippen molar-refractivity contribution in [3.8, 4) is 16.9 Å².